The van der Waals surface area contributed by atoms with Crippen molar-refractivity contribution in [3.8, 4) is 0 Å². The van der Waals surface area contributed by atoms with Crippen molar-refractivity contribution < 1.29 is 19.0 Å². The topological polar surface area (TPSA) is 93.5 Å². The number of rotatable bonds is 7. The lowest BCUT2D eigenvalue weighted by atomic mass is 10.0. The number of allylic oxidation sites excluding steroid dienone is 1. The van der Waals surface area contributed by atoms with Gasteiger partial charge in [0.05, 0.1) is 25.7 Å². The highest BCUT2D eigenvalue weighted by Crippen LogP contribution is 2.29. The molecule has 7 nitrogen and oxygen atoms in total. The average molecular weight is 297 g/mol. The third-order valence-electron chi connectivity index (χ3n) is 3.32. The predicted octanol–water partition coefficient (Wildman–Crippen LogP) is 2.96. The summed E-state index contributed by atoms with van der Waals surface area (Å²) in [4.78, 5) is 14.3. The lowest BCUT2D eigenvalue weighted by Crippen LogP contribution is -2.24. The Hall–Kier alpha value is -1.56. The smallest absolute Gasteiger partial charge is 0.308 e. The van der Waals surface area contributed by atoms with Crippen molar-refractivity contribution in [3.63, 3.8) is 0 Å². The van der Waals surface area contributed by atoms with E-state index in [1.807, 2.05) is 32.9 Å². The minimum absolute atomic E-state index is 0.155. The molecule has 3 unspecified atom stereocenters. The first-order chi connectivity index (χ1) is 9.93. The van der Waals surface area contributed by atoms with Gasteiger partial charge in [-0.1, -0.05) is 24.2 Å². The minimum Gasteiger partial charge on any atom is -0.469 e. The van der Waals surface area contributed by atoms with Crippen LogP contribution in [0.3, 0.4) is 0 Å². The zero-order chi connectivity index (χ0) is 15.9. The van der Waals surface area contributed by atoms with E-state index >= 15 is 0 Å². The normalized spacial score (nSPS) is 25.5. The molecule has 0 radical (unpaired) electrons. The fourth-order valence-electron chi connectivity index (χ4n) is 2.26. The molecule has 118 valence electrons. The van der Waals surface area contributed by atoms with Crippen molar-refractivity contribution >= 4 is 5.97 Å². The Balaban J connectivity index is 2.63. The molecular weight excluding hydrogens is 274 g/mol. The molecular formula is C14H23N3O4. The van der Waals surface area contributed by atoms with Gasteiger partial charge in [-0.25, -0.2) is 0 Å². The van der Waals surface area contributed by atoms with Crippen molar-refractivity contribution in [2.45, 2.75) is 51.6 Å². The van der Waals surface area contributed by atoms with Gasteiger partial charge in [-0.3, -0.25) is 4.79 Å². The van der Waals surface area contributed by atoms with Gasteiger partial charge in [0.2, 0.25) is 0 Å². The lowest BCUT2D eigenvalue weighted by Gasteiger charge is -2.16. The van der Waals surface area contributed by atoms with Crippen LogP contribution in [0.25, 0.3) is 10.4 Å². The Morgan fingerprint density at radius 1 is 1.52 bits per heavy atom. The molecule has 0 aromatic rings. The van der Waals surface area contributed by atoms with E-state index in [0.29, 0.717) is 12.8 Å². The second kappa shape index (κ2) is 8.02. The Morgan fingerprint density at radius 3 is 2.81 bits per heavy atom. The van der Waals surface area contributed by atoms with E-state index in [4.69, 9.17) is 19.7 Å². The first kappa shape index (κ1) is 17.5. The van der Waals surface area contributed by atoms with Crippen LogP contribution >= 0.6 is 0 Å². The minimum atomic E-state index is -0.711. The van der Waals surface area contributed by atoms with Gasteiger partial charge in [0.1, 0.15) is 6.10 Å². The van der Waals surface area contributed by atoms with E-state index in [-0.39, 0.29) is 30.6 Å². The van der Waals surface area contributed by atoms with Crippen LogP contribution < -0.4 is 0 Å². The van der Waals surface area contributed by atoms with E-state index in [9.17, 15) is 4.79 Å². The molecule has 1 heterocycles. The van der Waals surface area contributed by atoms with E-state index < -0.39 is 5.79 Å². The van der Waals surface area contributed by atoms with Gasteiger partial charge in [-0.2, -0.15) is 0 Å². The summed E-state index contributed by atoms with van der Waals surface area (Å²) in [5.74, 6) is -1.08. The summed E-state index contributed by atoms with van der Waals surface area (Å²) in [5, 5.41) is 3.54. The SMILES string of the molecule is CCC(C/C=C/C1OC(C)(C)OC1CN=[N+]=[N-])C(=O)OC. The van der Waals surface area contributed by atoms with Gasteiger partial charge in [-0.05, 0) is 32.2 Å². The molecule has 21 heavy (non-hydrogen) atoms. The summed E-state index contributed by atoms with van der Waals surface area (Å²) in [6.45, 7) is 5.78. The van der Waals surface area contributed by atoms with Gasteiger partial charge in [0.25, 0.3) is 0 Å². The highest BCUT2D eigenvalue weighted by molar-refractivity contribution is 5.72. The molecule has 1 rings (SSSR count). The van der Waals surface area contributed by atoms with Crippen molar-refractivity contribution in [1.82, 2.24) is 0 Å². The average Bonchev–Trinajstić information content (AvgIpc) is 2.74. The molecule has 3 atom stereocenters. The zero-order valence-corrected chi connectivity index (χ0v) is 13.0. The number of hydrogen-bond acceptors (Lipinski definition) is 5. The number of carbonyl (C=O) groups is 1. The van der Waals surface area contributed by atoms with Crippen LogP contribution in [0.1, 0.15) is 33.6 Å². The number of esters is 1. The Kier molecular flexibility index (Phi) is 6.68. The summed E-state index contributed by atoms with van der Waals surface area (Å²) >= 11 is 0. The maximum Gasteiger partial charge on any atom is 0.308 e. The quantitative estimate of drug-likeness (QED) is 0.237. The summed E-state index contributed by atoms with van der Waals surface area (Å²) in [7, 11) is 1.39. The molecule has 1 fully saturated rings. The number of nitrogens with zero attached hydrogens (tertiary/aromatic N) is 3. The zero-order valence-electron chi connectivity index (χ0n) is 13.0. The van der Waals surface area contributed by atoms with Crippen molar-refractivity contribution in [1.29, 1.82) is 0 Å². The van der Waals surface area contributed by atoms with E-state index in [2.05, 4.69) is 10.0 Å². The Morgan fingerprint density at radius 2 is 2.24 bits per heavy atom. The molecule has 0 N–H and O–H groups in total. The monoisotopic (exact) mass is 297 g/mol. The van der Waals surface area contributed by atoms with Crippen LogP contribution in [-0.2, 0) is 19.0 Å². The van der Waals surface area contributed by atoms with Crippen LogP contribution in [0.5, 0.6) is 0 Å². The van der Waals surface area contributed by atoms with E-state index in [0.717, 1.165) is 0 Å². The van der Waals surface area contributed by atoms with Gasteiger partial charge in [0.15, 0.2) is 5.79 Å². The highest BCUT2D eigenvalue weighted by atomic mass is 16.7. The van der Waals surface area contributed by atoms with Crippen LogP contribution in [0.2, 0.25) is 0 Å². The van der Waals surface area contributed by atoms with Crippen LogP contribution in [0.15, 0.2) is 17.3 Å². The summed E-state index contributed by atoms with van der Waals surface area (Å²) in [6, 6.07) is 0. The standard InChI is InChI=1S/C14H23N3O4/c1-5-10(13(18)19-4)7-6-8-11-12(9-16-17-15)21-14(2,3)20-11/h6,8,10-12H,5,7,9H2,1-4H3/b8-6+. The van der Waals surface area contributed by atoms with Crippen LogP contribution in [0, 0.1) is 5.92 Å². The Bertz CT molecular complexity index is 430. The number of hydrogen-bond donors (Lipinski definition) is 0. The van der Waals surface area contributed by atoms with Gasteiger partial charge >= 0.3 is 5.97 Å². The summed E-state index contributed by atoms with van der Waals surface area (Å²) in [6.07, 6.45) is 4.44. The molecule has 0 spiro atoms. The molecule has 0 aromatic heterocycles. The van der Waals surface area contributed by atoms with Gasteiger partial charge in [-0.15, -0.1) is 0 Å². The second-order valence-electron chi connectivity index (χ2n) is 5.34. The molecule has 1 saturated heterocycles. The highest BCUT2D eigenvalue weighted by Gasteiger charge is 2.39. The van der Waals surface area contributed by atoms with Crippen molar-refractivity contribution in [2.75, 3.05) is 13.7 Å². The summed E-state index contributed by atoms with van der Waals surface area (Å²) < 4.78 is 16.2. The third kappa shape index (κ3) is 5.38. The number of methoxy groups -OCH3 is 1. The first-order valence-corrected chi connectivity index (χ1v) is 7.04. The van der Waals surface area contributed by atoms with Gasteiger partial charge in [0, 0.05) is 4.91 Å². The van der Waals surface area contributed by atoms with Gasteiger partial charge < -0.3 is 14.2 Å². The number of ether oxygens (including phenoxy) is 3. The maximum absolute atomic E-state index is 11.5. The number of azide groups is 1. The molecule has 0 amide bonds. The third-order valence-corrected chi connectivity index (χ3v) is 3.32. The number of carbonyl (C=O) groups excluding carboxylic acids is 1. The Labute approximate surface area is 124 Å². The van der Waals surface area contributed by atoms with Crippen molar-refractivity contribution in [3.05, 3.63) is 22.6 Å². The predicted molar refractivity (Wildman–Crippen MR) is 77.4 cm³/mol. The van der Waals surface area contributed by atoms with Crippen molar-refractivity contribution in [2.24, 2.45) is 11.0 Å². The first-order valence-electron chi connectivity index (χ1n) is 7.04. The lowest BCUT2D eigenvalue weighted by molar-refractivity contribution is -0.145. The molecule has 1 aliphatic heterocycles. The fraction of sp³-hybridized carbons (Fsp3) is 0.786. The maximum atomic E-state index is 11.5. The molecule has 1 aliphatic rings. The molecule has 0 aromatic carbocycles. The summed E-state index contributed by atoms with van der Waals surface area (Å²) in [5.41, 5.74) is 8.40. The molecule has 0 aliphatic carbocycles. The molecule has 7 heteroatoms. The second-order valence-corrected chi connectivity index (χ2v) is 5.34. The fourth-order valence-corrected chi connectivity index (χ4v) is 2.26. The van der Waals surface area contributed by atoms with E-state index in [1.165, 1.54) is 7.11 Å². The largest absolute Gasteiger partial charge is 0.469 e. The molecule has 0 saturated carbocycles. The van der Waals surface area contributed by atoms with E-state index in [1.54, 1.807) is 0 Å². The molecule has 0 bridgehead atoms. The van der Waals surface area contributed by atoms with Crippen LogP contribution in [0.4, 0.5) is 0 Å². The van der Waals surface area contributed by atoms with Crippen LogP contribution in [-0.4, -0.2) is 37.6 Å².